The van der Waals surface area contributed by atoms with Gasteiger partial charge in [0.1, 0.15) is 16.2 Å². The van der Waals surface area contributed by atoms with Crippen molar-refractivity contribution < 1.29 is 4.39 Å². The number of nitrogens with one attached hydrogen (secondary N) is 1. The Morgan fingerprint density at radius 3 is 2.68 bits per heavy atom. The molecular weight excluding hydrogens is 259 g/mol. The monoisotopic (exact) mass is 272 g/mol. The Kier molecular flexibility index (Phi) is 3.25. The molecule has 2 aromatic carbocycles. The number of halogens is 1. The van der Waals surface area contributed by atoms with Crippen molar-refractivity contribution in [2.45, 2.75) is 12.3 Å². The van der Waals surface area contributed by atoms with Crippen molar-refractivity contribution in [1.82, 2.24) is 5.43 Å². The van der Waals surface area contributed by atoms with Gasteiger partial charge in [-0.05, 0) is 24.6 Å². The van der Waals surface area contributed by atoms with Gasteiger partial charge in [0.05, 0.1) is 0 Å². The first-order valence-corrected chi connectivity index (χ1v) is 6.93. The summed E-state index contributed by atoms with van der Waals surface area (Å²) in [5, 5.41) is 5.25. The van der Waals surface area contributed by atoms with E-state index < -0.39 is 0 Å². The second-order valence-corrected chi connectivity index (χ2v) is 5.56. The van der Waals surface area contributed by atoms with Crippen LogP contribution in [-0.4, -0.2) is 5.04 Å². The first-order valence-electron chi connectivity index (χ1n) is 6.05. The van der Waals surface area contributed by atoms with Crippen molar-refractivity contribution in [2.75, 3.05) is 0 Å². The van der Waals surface area contributed by atoms with Crippen LogP contribution >= 0.6 is 11.8 Å². The molecule has 2 aromatic rings. The average molecular weight is 272 g/mol. The fourth-order valence-corrected chi connectivity index (χ4v) is 2.91. The fraction of sp³-hybridized carbons (Fsp3) is 0.133. The quantitative estimate of drug-likeness (QED) is 0.898. The maximum Gasteiger partial charge on any atom is 0.126 e. The lowest BCUT2D eigenvalue weighted by atomic mass is 10.2. The first kappa shape index (κ1) is 12.2. The van der Waals surface area contributed by atoms with Gasteiger partial charge in [0.25, 0.3) is 0 Å². The van der Waals surface area contributed by atoms with Gasteiger partial charge in [0, 0.05) is 5.56 Å². The predicted octanol–water partition coefficient (Wildman–Crippen LogP) is 3.83. The normalized spacial score (nSPS) is 18.0. The molecule has 0 fully saturated rings. The van der Waals surface area contributed by atoms with Gasteiger partial charge in [0.2, 0.25) is 0 Å². The van der Waals surface area contributed by atoms with Crippen LogP contribution in [0.1, 0.15) is 22.1 Å². The van der Waals surface area contributed by atoms with Crippen LogP contribution in [0.25, 0.3) is 0 Å². The number of rotatable bonds is 2. The van der Waals surface area contributed by atoms with E-state index in [0.29, 0.717) is 0 Å². The molecule has 0 unspecified atom stereocenters. The highest BCUT2D eigenvalue weighted by atomic mass is 32.2. The van der Waals surface area contributed by atoms with Crippen molar-refractivity contribution >= 4 is 16.8 Å². The van der Waals surface area contributed by atoms with E-state index in [4.69, 9.17) is 0 Å². The van der Waals surface area contributed by atoms with Gasteiger partial charge in [-0.1, -0.05) is 53.7 Å². The second-order valence-electron chi connectivity index (χ2n) is 4.46. The molecule has 1 heterocycles. The number of hydrazone groups is 1. The van der Waals surface area contributed by atoms with Gasteiger partial charge in [0.15, 0.2) is 0 Å². The van der Waals surface area contributed by atoms with E-state index in [1.807, 2.05) is 6.07 Å². The van der Waals surface area contributed by atoms with Crippen LogP contribution in [0.4, 0.5) is 4.39 Å². The summed E-state index contributed by atoms with van der Waals surface area (Å²) in [6.07, 6.45) is 0. The number of nitrogens with zero attached hydrogens (tertiary/aromatic N) is 1. The summed E-state index contributed by atoms with van der Waals surface area (Å²) >= 11 is 1.60. The fourth-order valence-electron chi connectivity index (χ4n) is 1.92. The molecule has 0 bridgehead atoms. The summed E-state index contributed by atoms with van der Waals surface area (Å²) in [4.78, 5) is 0. The minimum atomic E-state index is -0.219. The highest BCUT2D eigenvalue weighted by molar-refractivity contribution is 8.14. The molecule has 96 valence electrons. The average Bonchev–Trinajstić information content (AvgIpc) is 2.89. The Hall–Kier alpha value is -1.81. The van der Waals surface area contributed by atoms with Crippen molar-refractivity contribution in [3.63, 3.8) is 0 Å². The van der Waals surface area contributed by atoms with Crippen LogP contribution in [0.5, 0.6) is 0 Å². The van der Waals surface area contributed by atoms with Crippen LogP contribution in [0.2, 0.25) is 0 Å². The van der Waals surface area contributed by atoms with Gasteiger partial charge in [-0.25, -0.2) is 4.39 Å². The molecule has 4 heteroatoms. The summed E-state index contributed by atoms with van der Waals surface area (Å²) in [5.74, 6) is -0.219. The molecule has 0 saturated heterocycles. The molecule has 3 rings (SSSR count). The molecule has 0 aromatic heterocycles. The SMILES string of the molecule is Cc1ccc(C2=NN[C@H](c3cccc(F)c3)S2)cc1. The van der Waals surface area contributed by atoms with Crippen LogP contribution in [0.3, 0.4) is 0 Å². The topological polar surface area (TPSA) is 24.4 Å². The Morgan fingerprint density at radius 2 is 1.95 bits per heavy atom. The molecule has 19 heavy (non-hydrogen) atoms. The Morgan fingerprint density at radius 1 is 1.16 bits per heavy atom. The van der Waals surface area contributed by atoms with E-state index in [1.54, 1.807) is 17.8 Å². The highest BCUT2D eigenvalue weighted by Crippen LogP contribution is 2.34. The lowest BCUT2D eigenvalue weighted by Gasteiger charge is -2.09. The van der Waals surface area contributed by atoms with Gasteiger partial charge < -0.3 is 0 Å². The molecule has 2 nitrogen and oxygen atoms in total. The number of hydrogen-bond donors (Lipinski definition) is 1. The van der Waals surface area contributed by atoms with Crippen LogP contribution in [0.15, 0.2) is 53.6 Å². The lowest BCUT2D eigenvalue weighted by molar-refractivity contribution is 0.622. The maximum atomic E-state index is 13.2. The Labute approximate surface area is 115 Å². The van der Waals surface area contributed by atoms with Gasteiger partial charge in [-0.3, -0.25) is 5.43 Å². The molecule has 0 spiro atoms. The summed E-state index contributed by atoms with van der Waals surface area (Å²) < 4.78 is 13.2. The van der Waals surface area contributed by atoms with Gasteiger partial charge >= 0.3 is 0 Å². The minimum Gasteiger partial charge on any atom is -0.291 e. The third kappa shape index (κ3) is 2.63. The van der Waals surface area contributed by atoms with E-state index in [9.17, 15) is 4.39 Å². The van der Waals surface area contributed by atoms with Crippen molar-refractivity contribution in [3.05, 3.63) is 71.0 Å². The number of aryl methyl sites for hydroxylation is 1. The summed E-state index contributed by atoms with van der Waals surface area (Å²) in [6.45, 7) is 2.06. The van der Waals surface area contributed by atoms with E-state index >= 15 is 0 Å². The summed E-state index contributed by atoms with van der Waals surface area (Å²) in [7, 11) is 0. The molecule has 1 aliphatic heterocycles. The van der Waals surface area contributed by atoms with Crippen molar-refractivity contribution in [2.24, 2.45) is 5.10 Å². The lowest BCUT2D eigenvalue weighted by Crippen LogP contribution is -2.06. The highest BCUT2D eigenvalue weighted by Gasteiger charge is 2.22. The Balaban J connectivity index is 1.78. The summed E-state index contributed by atoms with van der Waals surface area (Å²) in [5.41, 5.74) is 6.26. The van der Waals surface area contributed by atoms with Crippen LogP contribution in [0, 0.1) is 12.7 Å². The summed E-state index contributed by atoms with van der Waals surface area (Å²) in [6, 6.07) is 14.8. The maximum absolute atomic E-state index is 13.2. The minimum absolute atomic E-state index is 0.0213. The molecule has 0 aliphatic carbocycles. The van der Waals surface area contributed by atoms with Crippen LogP contribution in [-0.2, 0) is 0 Å². The number of benzene rings is 2. The molecule has 0 radical (unpaired) electrons. The van der Waals surface area contributed by atoms with E-state index in [2.05, 4.69) is 41.7 Å². The molecular formula is C15H13FN2S. The zero-order valence-corrected chi connectivity index (χ0v) is 11.2. The zero-order valence-electron chi connectivity index (χ0n) is 10.4. The standard InChI is InChI=1S/C15H13FN2S/c1-10-5-7-11(8-6-10)14-17-18-15(19-14)12-3-2-4-13(16)9-12/h2-9,15,18H,1H3/t15-/m0/s1. The van der Waals surface area contributed by atoms with E-state index in [1.165, 1.54) is 17.7 Å². The molecule has 0 saturated carbocycles. The number of hydrogen-bond acceptors (Lipinski definition) is 3. The predicted molar refractivity (Wildman–Crippen MR) is 77.6 cm³/mol. The third-order valence-electron chi connectivity index (χ3n) is 2.96. The molecule has 1 atom stereocenters. The number of thioether (sulfide) groups is 1. The van der Waals surface area contributed by atoms with Crippen molar-refractivity contribution in [1.29, 1.82) is 0 Å². The van der Waals surface area contributed by atoms with E-state index in [-0.39, 0.29) is 11.2 Å². The van der Waals surface area contributed by atoms with Gasteiger partial charge in [-0.15, -0.1) is 0 Å². The molecule has 1 aliphatic rings. The zero-order chi connectivity index (χ0) is 13.2. The van der Waals surface area contributed by atoms with Gasteiger partial charge in [-0.2, -0.15) is 5.10 Å². The van der Waals surface area contributed by atoms with Crippen LogP contribution < -0.4 is 5.43 Å². The first-order chi connectivity index (χ1) is 9.22. The largest absolute Gasteiger partial charge is 0.291 e. The molecule has 0 amide bonds. The third-order valence-corrected chi connectivity index (χ3v) is 4.13. The van der Waals surface area contributed by atoms with E-state index in [0.717, 1.165) is 16.2 Å². The second kappa shape index (κ2) is 5.05. The van der Waals surface area contributed by atoms with Crippen molar-refractivity contribution in [3.8, 4) is 0 Å². The Bertz CT molecular complexity index is 622. The smallest absolute Gasteiger partial charge is 0.126 e. The molecule has 1 N–H and O–H groups in total.